The second-order valence-electron chi connectivity index (χ2n) is 5.28. The van der Waals surface area contributed by atoms with Crippen LogP contribution in [0.1, 0.15) is 18.5 Å². The lowest BCUT2D eigenvalue weighted by molar-refractivity contribution is -0.124. The minimum atomic E-state index is -0.643. The van der Waals surface area contributed by atoms with Gasteiger partial charge in [0.05, 0.1) is 12.6 Å². The zero-order chi connectivity index (χ0) is 15.9. The van der Waals surface area contributed by atoms with Crippen LogP contribution in [0.25, 0.3) is 11.1 Å². The van der Waals surface area contributed by atoms with E-state index in [1.54, 1.807) is 0 Å². The number of nitrogens with two attached hydrogens (primary N) is 1. The number of benzene rings is 2. The molecule has 0 aliphatic heterocycles. The topological polar surface area (TPSA) is 64.3 Å². The second kappa shape index (κ2) is 7.73. The molecule has 0 aliphatic carbocycles. The summed E-state index contributed by atoms with van der Waals surface area (Å²) in [5, 5.41) is 2.90. The number of methoxy groups -OCH3 is 1. The van der Waals surface area contributed by atoms with Crippen LogP contribution in [0.2, 0.25) is 0 Å². The fourth-order valence-corrected chi connectivity index (χ4v) is 2.25. The van der Waals surface area contributed by atoms with E-state index in [1.807, 2.05) is 37.3 Å². The van der Waals surface area contributed by atoms with Crippen molar-refractivity contribution in [2.24, 2.45) is 5.73 Å². The van der Waals surface area contributed by atoms with Gasteiger partial charge in [-0.3, -0.25) is 4.79 Å². The van der Waals surface area contributed by atoms with Crippen LogP contribution in [0.3, 0.4) is 0 Å². The van der Waals surface area contributed by atoms with Gasteiger partial charge in [-0.25, -0.2) is 0 Å². The van der Waals surface area contributed by atoms with Crippen molar-refractivity contribution >= 4 is 5.91 Å². The molecule has 2 aromatic rings. The first-order chi connectivity index (χ1) is 10.6. The fourth-order valence-electron chi connectivity index (χ4n) is 2.25. The van der Waals surface area contributed by atoms with Gasteiger partial charge in [-0.15, -0.1) is 0 Å². The lowest BCUT2D eigenvalue weighted by atomic mass is 10.0. The van der Waals surface area contributed by atoms with E-state index < -0.39 is 6.04 Å². The lowest BCUT2D eigenvalue weighted by Crippen LogP contribution is -2.44. The van der Waals surface area contributed by atoms with Gasteiger partial charge in [0.25, 0.3) is 0 Å². The summed E-state index contributed by atoms with van der Waals surface area (Å²) in [7, 11) is 1.53. The fraction of sp³-hybridized carbons (Fsp3) is 0.278. The third-order valence-electron chi connectivity index (χ3n) is 3.56. The van der Waals surface area contributed by atoms with Gasteiger partial charge in [-0.2, -0.15) is 0 Å². The summed E-state index contributed by atoms with van der Waals surface area (Å²) in [5.74, 6) is -0.207. The molecular weight excluding hydrogens is 276 g/mol. The molecule has 0 saturated carbocycles. The van der Waals surface area contributed by atoms with E-state index in [2.05, 4.69) is 29.6 Å². The molecule has 0 radical (unpaired) electrons. The minimum absolute atomic E-state index is 0.0970. The molecule has 0 aliphatic rings. The molecule has 22 heavy (non-hydrogen) atoms. The van der Waals surface area contributed by atoms with Crippen LogP contribution in [0.4, 0.5) is 0 Å². The predicted molar refractivity (Wildman–Crippen MR) is 88.3 cm³/mol. The van der Waals surface area contributed by atoms with Crippen molar-refractivity contribution in [2.75, 3.05) is 13.7 Å². The monoisotopic (exact) mass is 298 g/mol. The van der Waals surface area contributed by atoms with Gasteiger partial charge in [-0.05, 0) is 23.6 Å². The number of carbonyl (C=O) groups is 1. The van der Waals surface area contributed by atoms with Crippen molar-refractivity contribution in [2.45, 2.75) is 19.0 Å². The van der Waals surface area contributed by atoms with Crippen LogP contribution >= 0.6 is 0 Å². The Labute approximate surface area is 131 Å². The molecular formula is C18H22N2O2. The summed E-state index contributed by atoms with van der Waals surface area (Å²) in [5.41, 5.74) is 9.08. The van der Waals surface area contributed by atoms with Gasteiger partial charge in [0, 0.05) is 7.11 Å². The summed E-state index contributed by atoms with van der Waals surface area (Å²) in [4.78, 5) is 11.9. The van der Waals surface area contributed by atoms with Crippen molar-refractivity contribution in [3.05, 3.63) is 60.2 Å². The van der Waals surface area contributed by atoms with E-state index in [0.29, 0.717) is 0 Å². The van der Waals surface area contributed by atoms with E-state index >= 15 is 0 Å². The zero-order valence-corrected chi connectivity index (χ0v) is 13.0. The highest BCUT2D eigenvalue weighted by atomic mass is 16.5. The summed E-state index contributed by atoms with van der Waals surface area (Å²) in [6.45, 7) is 2.15. The third kappa shape index (κ3) is 4.16. The smallest absolute Gasteiger partial charge is 0.239 e. The van der Waals surface area contributed by atoms with Crippen molar-refractivity contribution < 1.29 is 9.53 Å². The van der Waals surface area contributed by atoms with Crippen LogP contribution in [-0.4, -0.2) is 25.7 Å². The highest BCUT2D eigenvalue weighted by molar-refractivity contribution is 5.82. The molecule has 1 amide bonds. The van der Waals surface area contributed by atoms with E-state index in [4.69, 9.17) is 10.5 Å². The molecule has 0 saturated heterocycles. The Balaban J connectivity index is 2.02. The average Bonchev–Trinajstić information content (AvgIpc) is 2.56. The quantitative estimate of drug-likeness (QED) is 0.861. The Bertz CT molecular complexity index is 596. The number of rotatable bonds is 6. The average molecular weight is 298 g/mol. The van der Waals surface area contributed by atoms with Gasteiger partial charge in [-0.1, -0.05) is 54.6 Å². The van der Waals surface area contributed by atoms with Crippen molar-refractivity contribution in [3.8, 4) is 11.1 Å². The van der Waals surface area contributed by atoms with Crippen molar-refractivity contribution in [3.63, 3.8) is 0 Å². The van der Waals surface area contributed by atoms with Crippen LogP contribution in [0.15, 0.2) is 54.6 Å². The van der Waals surface area contributed by atoms with Crippen LogP contribution in [-0.2, 0) is 9.53 Å². The SMILES string of the molecule is COCC(N)C(=O)NC(C)c1ccc(-c2ccccc2)cc1. The van der Waals surface area contributed by atoms with E-state index in [1.165, 1.54) is 12.7 Å². The van der Waals surface area contributed by atoms with Gasteiger partial charge in [0.2, 0.25) is 5.91 Å². The number of nitrogens with one attached hydrogen (secondary N) is 1. The highest BCUT2D eigenvalue weighted by Gasteiger charge is 2.16. The van der Waals surface area contributed by atoms with E-state index in [-0.39, 0.29) is 18.6 Å². The molecule has 2 atom stereocenters. The third-order valence-corrected chi connectivity index (χ3v) is 3.56. The van der Waals surface area contributed by atoms with Crippen LogP contribution < -0.4 is 11.1 Å². The molecule has 0 fully saturated rings. The molecule has 4 heteroatoms. The summed E-state index contributed by atoms with van der Waals surface area (Å²) >= 11 is 0. The molecule has 2 unspecified atom stereocenters. The summed E-state index contributed by atoms with van der Waals surface area (Å²) in [6, 6.07) is 17.6. The standard InChI is InChI=1S/C18H22N2O2/c1-13(20-18(21)17(19)12-22-2)14-8-10-16(11-9-14)15-6-4-3-5-7-15/h3-11,13,17H,12,19H2,1-2H3,(H,20,21). The summed E-state index contributed by atoms with van der Waals surface area (Å²) in [6.07, 6.45) is 0. The predicted octanol–water partition coefficient (Wildman–Crippen LogP) is 2.50. The Hall–Kier alpha value is -2.17. The minimum Gasteiger partial charge on any atom is -0.383 e. The zero-order valence-electron chi connectivity index (χ0n) is 13.0. The molecule has 0 aromatic heterocycles. The number of amides is 1. The largest absolute Gasteiger partial charge is 0.383 e. The molecule has 2 rings (SSSR count). The molecule has 0 heterocycles. The Morgan fingerprint density at radius 1 is 1.09 bits per heavy atom. The van der Waals surface area contributed by atoms with Gasteiger partial charge < -0.3 is 15.8 Å². The molecule has 2 aromatic carbocycles. The van der Waals surface area contributed by atoms with Crippen LogP contribution in [0.5, 0.6) is 0 Å². The number of ether oxygens (including phenoxy) is 1. The maximum atomic E-state index is 11.9. The molecule has 0 spiro atoms. The number of hydrogen-bond acceptors (Lipinski definition) is 3. The number of carbonyl (C=O) groups excluding carboxylic acids is 1. The lowest BCUT2D eigenvalue weighted by Gasteiger charge is -2.18. The van der Waals surface area contributed by atoms with Crippen molar-refractivity contribution in [1.82, 2.24) is 5.32 Å². The van der Waals surface area contributed by atoms with Gasteiger partial charge in [0.1, 0.15) is 6.04 Å². The maximum absolute atomic E-state index is 11.9. The first-order valence-electron chi connectivity index (χ1n) is 7.32. The molecule has 3 N–H and O–H groups in total. The molecule has 4 nitrogen and oxygen atoms in total. The Morgan fingerprint density at radius 2 is 1.68 bits per heavy atom. The molecule has 0 bridgehead atoms. The summed E-state index contributed by atoms with van der Waals surface area (Å²) < 4.78 is 4.89. The van der Waals surface area contributed by atoms with E-state index in [0.717, 1.165) is 11.1 Å². The first-order valence-corrected chi connectivity index (χ1v) is 7.32. The maximum Gasteiger partial charge on any atom is 0.239 e. The number of hydrogen-bond donors (Lipinski definition) is 2. The van der Waals surface area contributed by atoms with Gasteiger partial charge >= 0.3 is 0 Å². The van der Waals surface area contributed by atoms with E-state index in [9.17, 15) is 4.79 Å². The van der Waals surface area contributed by atoms with Gasteiger partial charge in [0.15, 0.2) is 0 Å². The normalized spacial score (nSPS) is 13.4. The second-order valence-corrected chi connectivity index (χ2v) is 5.28. The Kier molecular flexibility index (Phi) is 5.69. The van der Waals surface area contributed by atoms with Crippen LogP contribution in [0, 0.1) is 0 Å². The first kappa shape index (κ1) is 16.2. The van der Waals surface area contributed by atoms with Crippen molar-refractivity contribution in [1.29, 1.82) is 0 Å². The highest BCUT2D eigenvalue weighted by Crippen LogP contribution is 2.21. The Morgan fingerprint density at radius 3 is 2.27 bits per heavy atom. The molecule has 116 valence electrons.